The SMILES string of the molecule is C=C(C)C(=O)OCC[CH2][Sb]([O]C)([O]C)([O]C)[O]C. The van der Waals surface area contributed by atoms with Gasteiger partial charge in [0.2, 0.25) is 0 Å². The molecule has 0 atom stereocenters. The number of carbonyl (C=O) groups excluding carboxylic acids is 1. The first kappa shape index (κ1) is 17.9. The second-order valence-corrected chi connectivity index (χ2v) is 14.6. The Morgan fingerprint density at radius 2 is 1.50 bits per heavy atom. The Labute approximate surface area is 111 Å². The standard InChI is InChI=1S/C7H11O2.4CH3O.Sb/c1-4-5-9-7(8)6(2)3;4*1-2;/h1-2,4-5H2,3H3;4*1H3;/q;4*-1;+4. The van der Waals surface area contributed by atoms with Gasteiger partial charge in [0.15, 0.2) is 0 Å². The van der Waals surface area contributed by atoms with Gasteiger partial charge in [0.05, 0.1) is 0 Å². The molecule has 0 heterocycles. The van der Waals surface area contributed by atoms with E-state index in [9.17, 15) is 4.79 Å². The van der Waals surface area contributed by atoms with Crippen LogP contribution in [0.5, 0.6) is 0 Å². The zero-order chi connectivity index (χ0) is 14.3. The van der Waals surface area contributed by atoms with E-state index < -0.39 is 25.0 Å². The number of hydrogen-bond acceptors (Lipinski definition) is 6. The third-order valence-electron chi connectivity index (χ3n) is 2.66. The molecular formula is C11H23O6Sb. The second kappa shape index (κ2) is 7.46. The van der Waals surface area contributed by atoms with E-state index in [1.807, 2.05) is 0 Å². The van der Waals surface area contributed by atoms with E-state index in [2.05, 4.69) is 6.58 Å². The van der Waals surface area contributed by atoms with Gasteiger partial charge in [-0.2, -0.15) is 0 Å². The maximum atomic E-state index is 11.2. The van der Waals surface area contributed by atoms with Crippen molar-refractivity contribution in [2.45, 2.75) is 17.7 Å². The van der Waals surface area contributed by atoms with Gasteiger partial charge >= 0.3 is 112 Å². The molecule has 0 saturated heterocycles. The van der Waals surface area contributed by atoms with Crippen LogP contribution in [0.3, 0.4) is 0 Å². The van der Waals surface area contributed by atoms with E-state index in [1.165, 1.54) is 28.4 Å². The van der Waals surface area contributed by atoms with Crippen LogP contribution in [0.1, 0.15) is 13.3 Å². The van der Waals surface area contributed by atoms with Crippen LogP contribution in [0.4, 0.5) is 0 Å². The van der Waals surface area contributed by atoms with Crippen LogP contribution in [-0.2, 0) is 21.6 Å². The van der Waals surface area contributed by atoms with Crippen molar-refractivity contribution >= 4 is 25.0 Å². The van der Waals surface area contributed by atoms with Crippen molar-refractivity contribution in [3.05, 3.63) is 12.2 Å². The van der Waals surface area contributed by atoms with Crippen LogP contribution in [0.25, 0.3) is 0 Å². The van der Waals surface area contributed by atoms with Gasteiger partial charge < -0.3 is 0 Å². The molecule has 108 valence electrons. The molecule has 0 radical (unpaired) electrons. The van der Waals surface area contributed by atoms with Gasteiger partial charge in [-0.3, -0.25) is 0 Å². The molecule has 0 spiro atoms. The van der Waals surface area contributed by atoms with E-state index in [4.69, 9.17) is 16.8 Å². The summed E-state index contributed by atoms with van der Waals surface area (Å²) < 4.78 is 27.1. The van der Waals surface area contributed by atoms with Crippen molar-refractivity contribution in [3.63, 3.8) is 0 Å². The van der Waals surface area contributed by atoms with Gasteiger partial charge in [0.25, 0.3) is 0 Å². The Morgan fingerprint density at radius 3 is 1.83 bits per heavy atom. The van der Waals surface area contributed by atoms with Crippen LogP contribution in [0, 0.1) is 0 Å². The Hall–Kier alpha value is -0.132. The van der Waals surface area contributed by atoms with E-state index in [1.54, 1.807) is 6.92 Å². The molecule has 0 amide bonds. The van der Waals surface area contributed by atoms with Crippen molar-refractivity contribution in [2.75, 3.05) is 35.0 Å². The number of ether oxygens (including phenoxy) is 1. The van der Waals surface area contributed by atoms with Crippen LogP contribution >= 0.6 is 0 Å². The predicted octanol–water partition coefficient (Wildman–Crippen LogP) is 1.47. The zero-order valence-corrected chi connectivity index (χ0v) is 14.3. The monoisotopic (exact) mass is 372 g/mol. The fourth-order valence-corrected chi connectivity index (χ4v) is 7.90. The number of esters is 1. The molecule has 6 nitrogen and oxygen atoms in total. The summed E-state index contributed by atoms with van der Waals surface area (Å²) in [6.07, 6.45) is 0.532. The molecule has 0 N–H and O–H groups in total. The topological polar surface area (TPSA) is 63.2 Å². The Morgan fingerprint density at radius 1 is 1.06 bits per heavy atom. The summed E-state index contributed by atoms with van der Waals surface area (Å²) in [5.74, 6) is -0.409. The molecular weight excluding hydrogens is 350 g/mol. The molecule has 0 unspecified atom stereocenters. The van der Waals surface area contributed by atoms with Gasteiger partial charge in [-0.15, -0.1) is 0 Å². The van der Waals surface area contributed by atoms with E-state index >= 15 is 0 Å². The summed E-state index contributed by atoms with van der Waals surface area (Å²) in [5.41, 5.74) is 0.371. The van der Waals surface area contributed by atoms with Crippen molar-refractivity contribution in [2.24, 2.45) is 0 Å². The first-order valence-electron chi connectivity index (χ1n) is 5.48. The third kappa shape index (κ3) is 4.21. The zero-order valence-electron chi connectivity index (χ0n) is 11.7. The first-order chi connectivity index (χ1) is 8.38. The fourth-order valence-electron chi connectivity index (χ4n) is 1.42. The number of carbonyl (C=O) groups is 1. The van der Waals surface area contributed by atoms with Gasteiger partial charge in [-0.05, 0) is 0 Å². The number of hydrogen-bond donors (Lipinski definition) is 0. The van der Waals surface area contributed by atoms with E-state index in [-0.39, 0.29) is 6.61 Å². The molecule has 0 bridgehead atoms. The van der Waals surface area contributed by atoms with E-state index in [0.29, 0.717) is 16.4 Å². The molecule has 0 aliphatic rings. The van der Waals surface area contributed by atoms with Crippen molar-refractivity contribution < 1.29 is 21.6 Å². The Balaban J connectivity index is 4.39. The minimum absolute atomic E-state index is 0.243. The second-order valence-electron chi connectivity index (χ2n) is 3.69. The maximum absolute atomic E-state index is 11.2. The van der Waals surface area contributed by atoms with E-state index in [0.717, 1.165) is 0 Å². The third-order valence-corrected chi connectivity index (χ3v) is 13.7. The average Bonchev–Trinajstić information content (AvgIpc) is 2.40. The Kier molecular flexibility index (Phi) is 7.40. The summed E-state index contributed by atoms with van der Waals surface area (Å²) in [7, 11) is 5.99. The molecule has 0 aromatic rings. The van der Waals surface area contributed by atoms with Crippen LogP contribution in [0.2, 0.25) is 4.37 Å². The quantitative estimate of drug-likeness (QED) is 0.264. The van der Waals surface area contributed by atoms with Crippen LogP contribution < -0.4 is 0 Å². The summed E-state index contributed by atoms with van der Waals surface area (Å²) in [4.78, 5) is 11.2. The summed E-state index contributed by atoms with van der Waals surface area (Å²) in [6, 6.07) is 0. The molecule has 0 fully saturated rings. The van der Waals surface area contributed by atoms with Gasteiger partial charge in [-0.1, -0.05) is 0 Å². The van der Waals surface area contributed by atoms with Gasteiger partial charge in [0, 0.05) is 0 Å². The van der Waals surface area contributed by atoms with Crippen LogP contribution in [0.15, 0.2) is 12.2 Å². The average molecular weight is 373 g/mol. The molecule has 0 aromatic carbocycles. The number of rotatable bonds is 9. The Bertz CT molecular complexity index is 276. The molecule has 0 aliphatic carbocycles. The predicted molar refractivity (Wildman–Crippen MR) is 69.0 cm³/mol. The molecule has 0 rings (SSSR count). The van der Waals surface area contributed by atoms with Gasteiger partial charge in [-0.25, -0.2) is 0 Å². The summed E-state index contributed by atoms with van der Waals surface area (Å²) in [5, 5.41) is 0. The fraction of sp³-hybridized carbons (Fsp3) is 0.727. The molecule has 7 heteroatoms. The minimum atomic E-state index is -4.38. The van der Waals surface area contributed by atoms with Crippen LogP contribution in [-0.4, -0.2) is 60.1 Å². The van der Waals surface area contributed by atoms with Crippen molar-refractivity contribution in [3.8, 4) is 0 Å². The summed E-state index contributed by atoms with van der Waals surface area (Å²) >= 11 is -4.38. The van der Waals surface area contributed by atoms with Gasteiger partial charge in [0.1, 0.15) is 0 Å². The molecule has 0 aliphatic heterocycles. The first-order valence-corrected chi connectivity index (χ1v) is 11.5. The molecule has 18 heavy (non-hydrogen) atoms. The molecule has 0 aromatic heterocycles. The van der Waals surface area contributed by atoms with Crippen molar-refractivity contribution in [1.82, 2.24) is 0 Å². The summed E-state index contributed by atoms with van der Waals surface area (Å²) in [6.45, 7) is 5.34. The normalized spacial score (nSPS) is 13.7. The van der Waals surface area contributed by atoms with Crippen molar-refractivity contribution in [1.29, 1.82) is 0 Å². The molecule has 0 saturated carbocycles.